The van der Waals surface area contributed by atoms with E-state index < -0.39 is 24.1 Å². The molecule has 4 fully saturated rings. The number of amides is 4. The lowest BCUT2D eigenvalue weighted by atomic mass is 9.64. The fraction of sp³-hybridized carbons (Fsp3) is 0.840. The van der Waals surface area contributed by atoms with Gasteiger partial charge in [0.25, 0.3) is 11.8 Å². The Morgan fingerprint density at radius 1 is 1.00 bits per heavy atom. The minimum Gasteiger partial charge on any atom is -0.454 e. The number of ether oxygens (including phenoxy) is 1. The second kappa shape index (κ2) is 7.70. The van der Waals surface area contributed by atoms with E-state index in [1.165, 1.54) is 0 Å². The summed E-state index contributed by atoms with van der Waals surface area (Å²) in [6.45, 7) is 12.8. The van der Waals surface area contributed by atoms with Crippen molar-refractivity contribution in [2.45, 2.75) is 91.6 Å². The highest BCUT2D eigenvalue weighted by Crippen LogP contribution is 2.52. The van der Waals surface area contributed by atoms with Crippen molar-refractivity contribution in [1.82, 2.24) is 15.1 Å². The number of nitrogens with one attached hydrogen (secondary N) is 1. The average molecular weight is 462 g/mol. The predicted molar refractivity (Wildman–Crippen MR) is 122 cm³/mol. The molecule has 2 heterocycles. The standard InChI is InChI=1S/C25H39N3O5/c1-16-7-22(2,3)14-25(8-16)20(31)27(21(32)26-25)11-19(30)33-12-18(29)28-15-24(6)10-17(28)9-23(4,5)13-24/h16-17H,7-15H2,1-6H3,(H,26,32)/t16-,17-,24-,25+/m0/s1. The molecule has 0 aromatic carbocycles. The highest BCUT2D eigenvalue weighted by atomic mass is 16.5. The molecule has 0 aromatic rings. The molecule has 4 aliphatic rings. The summed E-state index contributed by atoms with van der Waals surface area (Å²) in [5.74, 6) is -1.01. The van der Waals surface area contributed by atoms with Crippen LogP contribution in [0.15, 0.2) is 0 Å². The molecule has 4 amide bonds. The molecule has 33 heavy (non-hydrogen) atoms. The van der Waals surface area contributed by atoms with Crippen LogP contribution in [0.5, 0.6) is 0 Å². The fourth-order valence-electron chi connectivity index (χ4n) is 7.80. The van der Waals surface area contributed by atoms with Crippen LogP contribution in [0.2, 0.25) is 0 Å². The molecule has 4 rings (SSSR count). The molecule has 1 N–H and O–H groups in total. The summed E-state index contributed by atoms with van der Waals surface area (Å²) in [6.07, 6.45) is 5.09. The Morgan fingerprint density at radius 2 is 1.67 bits per heavy atom. The smallest absolute Gasteiger partial charge is 0.326 e. The van der Waals surface area contributed by atoms with Crippen LogP contribution in [0.4, 0.5) is 4.79 Å². The van der Waals surface area contributed by atoms with Crippen molar-refractivity contribution in [3.63, 3.8) is 0 Å². The van der Waals surface area contributed by atoms with Gasteiger partial charge >= 0.3 is 12.0 Å². The Kier molecular flexibility index (Phi) is 5.61. The fourth-order valence-corrected chi connectivity index (χ4v) is 7.80. The first-order chi connectivity index (χ1) is 15.1. The number of hydrogen-bond donors (Lipinski definition) is 1. The maximum absolute atomic E-state index is 13.2. The van der Waals surface area contributed by atoms with Crippen molar-refractivity contribution in [2.24, 2.45) is 22.2 Å². The Hall–Kier alpha value is -2.12. The Morgan fingerprint density at radius 3 is 2.33 bits per heavy atom. The third kappa shape index (κ3) is 4.62. The van der Waals surface area contributed by atoms with Gasteiger partial charge in [0, 0.05) is 12.6 Å². The SMILES string of the molecule is C[C@H]1CC(C)(C)C[C@@]2(C1)NC(=O)N(CC(=O)OCC(=O)N1C[C@@]3(C)C[C@@H]1CC(C)(C)C3)C2=O. The first kappa shape index (κ1) is 24.0. The maximum atomic E-state index is 13.2. The molecule has 0 aromatic heterocycles. The van der Waals surface area contributed by atoms with Crippen LogP contribution < -0.4 is 5.32 Å². The van der Waals surface area contributed by atoms with E-state index in [2.05, 4.69) is 46.9 Å². The molecule has 2 aliphatic heterocycles. The van der Waals surface area contributed by atoms with Gasteiger partial charge in [-0.2, -0.15) is 0 Å². The van der Waals surface area contributed by atoms with Crippen LogP contribution in [0, 0.1) is 22.2 Å². The van der Waals surface area contributed by atoms with Crippen molar-refractivity contribution < 1.29 is 23.9 Å². The number of imide groups is 1. The Balaban J connectivity index is 1.34. The molecule has 2 saturated heterocycles. The maximum Gasteiger partial charge on any atom is 0.326 e. The van der Waals surface area contributed by atoms with Crippen molar-refractivity contribution in [1.29, 1.82) is 0 Å². The first-order valence-electron chi connectivity index (χ1n) is 12.2. The zero-order valence-electron chi connectivity index (χ0n) is 21.0. The number of urea groups is 1. The third-order valence-corrected chi connectivity index (χ3v) is 8.00. The molecule has 8 heteroatoms. The second-order valence-electron chi connectivity index (χ2n) is 13.2. The van der Waals surface area contributed by atoms with Gasteiger partial charge in [-0.15, -0.1) is 0 Å². The van der Waals surface area contributed by atoms with E-state index in [1.54, 1.807) is 0 Å². The normalized spacial score (nSPS) is 36.8. The van der Waals surface area contributed by atoms with E-state index in [-0.39, 0.29) is 46.6 Å². The molecule has 2 aliphatic carbocycles. The van der Waals surface area contributed by atoms with Gasteiger partial charge in [-0.3, -0.25) is 19.3 Å². The summed E-state index contributed by atoms with van der Waals surface area (Å²) in [4.78, 5) is 53.9. The van der Waals surface area contributed by atoms with Crippen LogP contribution in [-0.2, 0) is 19.1 Å². The number of hydrogen-bond acceptors (Lipinski definition) is 5. The predicted octanol–water partition coefficient (Wildman–Crippen LogP) is 3.09. The van der Waals surface area contributed by atoms with Crippen LogP contribution in [-0.4, -0.2) is 64.9 Å². The summed E-state index contributed by atoms with van der Waals surface area (Å²) in [6, 6.07) is -0.385. The number of likely N-dealkylation sites (tertiary alicyclic amines) is 1. The van der Waals surface area contributed by atoms with E-state index in [1.807, 2.05) is 4.90 Å². The quantitative estimate of drug-likeness (QED) is 0.513. The molecule has 2 saturated carbocycles. The van der Waals surface area contributed by atoms with Gasteiger partial charge in [0.05, 0.1) is 0 Å². The van der Waals surface area contributed by atoms with Crippen LogP contribution in [0.1, 0.15) is 80.1 Å². The minimum absolute atomic E-state index is 0.0808. The van der Waals surface area contributed by atoms with Gasteiger partial charge in [0.15, 0.2) is 6.61 Å². The zero-order chi connectivity index (χ0) is 24.4. The largest absolute Gasteiger partial charge is 0.454 e. The number of rotatable bonds is 4. The van der Waals surface area contributed by atoms with Crippen molar-refractivity contribution in [3.05, 3.63) is 0 Å². The number of fused-ring (bicyclic) bond motifs is 2. The molecule has 184 valence electrons. The van der Waals surface area contributed by atoms with Crippen molar-refractivity contribution in [3.8, 4) is 0 Å². The first-order valence-corrected chi connectivity index (χ1v) is 12.2. The molecule has 1 spiro atoms. The lowest BCUT2D eigenvalue weighted by Gasteiger charge is -2.43. The molecular formula is C25H39N3O5. The van der Waals surface area contributed by atoms with Crippen molar-refractivity contribution >= 4 is 23.8 Å². The van der Waals surface area contributed by atoms with Crippen LogP contribution in [0.3, 0.4) is 0 Å². The highest BCUT2D eigenvalue weighted by Gasteiger charge is 2.56. The molecule has 0 radical (unpaired) electrons. The van der Waals surface area contributed by atoms with Gasteiger partial charge in [-0.05, 0) is 60.7 Å². The van der Waals surface area contributed by atoms with Crippen LogP contribution in [0.25, 0.3) is 0 Å². The van der Waals surface area contributed by atoms with Gasteiger partial charge in [-0.25, -0.2) is 4.79 Å². The summed E-state index contributed by atoms with van der Waals surface area (Å²) in [5, 5.41) is 2.86. The Labute approximate surface area is 196 Å². The summed E-state index contributed by atoms with van der Waals surface area (Å²) in [7, 11) is 0. The summed E-state index contributed by atoms with van der Waals surface area (Å²) >= 11 is 0. The average Bonchev–Trinajstić information content (AvgIpc) is 3.01. The lowest BCUT2D eigenvalue weighted by Crippen LogP contribution is -2.54. The molecular weight excluding hydrogens is 422 g/mol. The number of carbonyl (C=O) groups is 4. The Bertz CT molecular complexity index is 883. The van der Waals surface area contributed by atoms with Gasteiger partial charge < -0.3 is 15.0 Å². The topological polar surface area (TPSA) is 96.0 Å². The van der Waals surface area contributed by atoms with E-state index in [4.69, 9.17) is 4.74 Å². The van der Waals surface area contributed by atoms with E-state index in [9.17, 15) is 19.2 Å². The van der Waals surface area contributed by atoms with E-state index in [0.29, 0.717) is 19.4 Å². The number of esters is 1. The minimum atomic E-state index is -0.955. The second-order valence-corrected chi connectivity index (χ2v) is 13.2. The molecule has 4 atom stereocenters. The van der Waals surface area contributed by atoms with Gasteiger partial charge in [0.2, 0.25) is 0 Å². The lowest BCUT2D eigenvalue weighted by molar-refractivity contribution is -0.154. The van der Waals surface area contributed by atoms with Gasteiger partial charge in [0.1, 0.15) is 12.1 Å². The van der Waals surface area contributed by atoms with E-state index in [0.717, 1.165) is 30.6 Å². The zero-order valence-corrected chi connectivity index (χ0v) is 21.0. The number of nitrogens with zero attached hydrogens (tertiary/aromatic N) is 2. The molecule has 2 bridgehead atoms. The van der Waals surface area contributed by atoms with Crippen LogP contribution >= 0.6 is 0 Å². The summed E-state index contributed by atoms with van der Waals surface area (Å²) < 4.78 is 5.24. The monoisotopic (exact) mass is 461 g/mol. The molecule has 0 unspecified atom stereocenters. The van der Waals surface area contributed by atoms with Crippen molar-refractivity contribution in [2.75, 3.05) is 19.7 Å². The third-order valence-electron chi connectivity index (χ3n) is 8.00. The van der Waals surface area contributed by atoms with E-state index >= 15 is 0 Å². The summed E-state index contributed by atoms with van der Waals surface area (Å²) in [5.41, 5.74) is -0.744. The number of carbonyl (C=O) groups excluding carboxylic acids is 4. The molecule has 8 nitrogen and oxygen atoms in total. The highest BCUT2D eigenvalue weighted by molar-refractivity contribution is 6.08. The van der Waals surface area contributed by atoms with Gasteiger partial charge in [-0.1, -0.05) is 41.5 Å².